The predicted octanol–water partition coefficient (Wildman–Crippen LogP) is 11.8. The van der Waals surface area contributed by atoms with Gasteiger partial charge < -0.3 is 13.7 Å². The highest BCUT2D eigenvalue weighted by atomic mass is 16.3. The molecule has 4 heteroatoms. The molecule has 0 amide bonds. The highest BCUT2D eigenvalue weighted by Gasteiger charge is 2.18. The summed E-state index contributed by atoms with van der Waals surface area (Å²) in [6, 6.07) is 44.3. The van der Waals surface area contributed by atoms with Crippen LogP contribution in [0.2, 0.25) is 0 Å². The number of para-hydroxylation sites is 1. The van der Waals surface area contributed by atoms with Crippen molar-refractivity contribution in [3.63, 3.8) is 0 Å². The smallest absolute Gasteiger partial charge is 0.227 e. The number of oxazole rings is 1. The van der Waals surface area contributed by atoms with Crippen LogP contribution >= 0.6 is 0 Å². The Labute approximate surface area is 260 Å². The number of aromatic nitrogens is 1. The van der Waals surface area contributed by atoms with E-state index in [9.17, 15) is 0 Å². The summed E-state index contributed by atoms with van der Waals surface area (Å²) in [6.07, 6.45) is 8.99. The average molecular weight is 581 g/mol. The van der Waals surface area contributed by atoms with Gasteiger partial charge in [0.2, 0.25) is 5.89 Å². The number of nitrogens with zero attached hydrogens (tertiary/aromatic N) is 2. The number of fused-ring (bicyclic) bond motifs is 6. The van der Waals surface area contributed by atoms with Crippen molar-refractivity contribution >= 4 is 66.4 Å². The van der Waals surface area contributed by atoms with Crippen molar-refractivity contribution in [3.8, 4) is 11.5 Å². The first-order valence-corrected chi connectivity index (χ1v) is 15.4. The molecule has 0 fully saturated rings. The van der Waals surface area contributed by atoms with Gasteiger partial charge in [0, 0.05) is 38.8 Å². The molecule has 0 radical (unpaired) electrons. The van der Waals surface area contributed by atoms with E-state index in [1.807, 2.05) is 48.5 Å². The van der Waals surface area contributed by atoms with Crippen LogP contribution in [0.25, 0.3) is 60.8 Å². The molecular weight excluding hydrogens is 552 g/mol. The molecular formula is C41H28N2O2. The molecule has 0 N–H and O–H groups in total. The molecule has 6 aromatic carbocycles. The Morgan fingerprint density at radius 2 is 1.24 bits per heavy atom. The van der Waals surface area contributed by atoms with Crippen molar-refractivity contribution in [2.45, 2.75) is 12.8 Å². The van der Waals surface area contributed by atoms with E-state index >= 15 is 0 Å². The summed E-state index contributed by atoms with van der Waals surface area (Å²) in [7, 11) is 0. The Bertz CT molecular complexity index is 2430. The lowest BCUT2D eigenvalue weighted by atomic mass is 9.99. The third-order valence-corrected chi connectivity index (χ3v) is 8.71. The lowest BCUT2D eigenvalue weighted by Gasteiger charge is -2.26. The van der Waals surface area contributed by atoms with Gasteiger partial charge in [0.1, 0.15) is 16.7 Å². The Balaban J connectivity index is 1.23. The van der Waals surface area contributed by atoms with Gasteiger partial charge in [-0.1, -0.05) is 78.9 Å². The first-order chi connectivity index (χ1) is 22.3. The van der Waals surface area contributed by atoms with Crippen molar-refractivity contribution in [2.75, 3.05) is 4.90 Å². The summed E-state index contributed by atoms with van der Waals surface area (Å²) >= 11 is 0. The summed E-state index contributed by atoms with van der Waals surface area (Å²) in [6.45, 7) is 0. The van der Waals surface area contributed by atoms with Crippen molar-refractivity contribution in [3.05, 3.63) is 151 Å². The van der Waals surface area contributed by atoms with Crippen LogP contribution in [0.4, 0.5) is 17.1 Å². The Kier molecular flexibility index (Phi) is 5.91. The van der Waals surface area contributed by atoms with Crippen molar-refractivity contribution in [2.24, 2.45) is 0 Å². The molecule has 0 saturated heterocycles. The fraction of sp³-hybridized carbons (Fsp3) is 0.0488. The topological polar surface area (TPSA) is 42.4 Å². The number of hydrogen-bond donors (Lipinski definition) is 0. The average Bonchev–Trinajstić information content (AvgIpc) is 3.72. The largest absolute Gasteiger partial charge is 0.456 e. The summed E-state index contributed by atoms with van der Waals surface area (Å²) in [4.78, 5) is 7.29. The van der Waals surface area contributed by atoms with E-state index in [2.05, 4.69) is 102 Å². The number of anilines is 3. The quantitative estimate of drug-likeness (QED) is 0.203. The highest BCUT2D eigenvalue weighted by molar-refractivity contribution is 6.08. The fourth-order valence-electron chi connectivity index (χ4n) is 6.47. The van der Waals surface area contributed by atoms with Gasteiger partial charge in [0.05, 0.1) is 0 Å². The second-order valence-electron chi connectivity index (χ2n) is 11.5. The van der Waals surface area contributed by atoms with E-state index in [0.717, 1.165) is 79.3 Å². The van der Waals surface area contributed by atoms with Crippen LogP contribution < -0.4 is 4.90 Å². The first-order valence-electron chi connectivity index (χ1n) is 15.4. The Hall–Kier alpha value is -5.87. The maximum Gasteiger partial charge on any atom is 0.227 e. The normalized spacial score (nSPS) is 13.2. The lowest BCUT2D eigenvalue weighted by molar-refractivity contribution is 0.620. The number of benzene rings is 6. The monoisotopic (exact) mass is 580 g/mol. The molecule has 45 heavy (non-hydrogen) atoms. The second-order valence-corrected chi connectivity index (χ2v) is 11.5. The van der Waals surface area contributed by atoms with E-state index in [1.54, 1.807) is 0 Å². The molecule has 9 rings (SSSR count). The predicted molar refractivity (Wildman–Crippen MR) is 185 cm³/mol. The van der Waals surface area contributed by atoms with E-state index < -0.39 is 0 Å². The number of rotatable bonds is 5. The van der Waals surface area contributed by atoms with Crippen molar-refractivity contribution in [1.29, 1.82) is 0 Å². The number of hydrogen-bond acceptors (Lipinski definition) is 4. The third-order valence-electron chi connectivity index (χ3n) is 8.71. The maximum absolute atomic E-state index is 6.24. The zero-order chi connectivity index (χ0) is 29.7. The van der Waals surface area contributed by atoms with E-state index in [-0.39, 0.29) is 0 Å². The molecule has 0 aliphatic heterocycles. The van der Waals surface area contributed by atoms with Gasteiger partial charge in [-0.3, -0.25) is 0 Å². The molecule has 214 valence electrons. The molecule has 0 saturated carbocycles. The van der Waals surface area contributed by atoms with Crippen LogP contribution in [0, 0.1) is 0 Å². The Morgan fingerprint density at radius 1 is 0.533 bits per heavy atom. The van der Waals surface area contributed by atoms with Crippen LogP contribution in [-0.4, -0.2) is 4.98 Å². The number of furan rings is 1. The van der Waals surface area contributed by atoms with Crippen LogP contribution in [0.5, 0.6) is 0 Å². The van der Waals surface area contributed by atoms with E-state index in [1.165, 1.54) is 11.1 Å². The first kappa shape index (κ1) is 25.6. The molecule has 1 aliphatic rings. The van der Waals surface area contributed by atoms with Gasteiger partial charge in [0.15, 0.2) is 5.58 Å². The van der Waals surface area contributed by atoms with Crippen molar-refractivity contribution in [1.82, 2.24) is 4.98 Å². The zero-order valence-corrected chi connectivity index (χ0v) is 24.5. The SMILES string of the molecule is C1=CC(c2ccc(N(c3ccc4oc5ccccc5c4c3)c3ccc4ccc5oc(-c6ccccc6)nc5c4c3)cc2)=CCC1. The van der Waals surface area contributed by atoms with Crippen LogP contribution in [0.15, 0.2) is 154 Å². The molecule has 4 nitrogen and oxygen atoms in total. The minimum atomic E-state index is 0.624. The maximum atomic E-state index is 6.24. The highest BCUT2D eigenvalue weighted by Crippen LogP contribution is 2.41. The van der Waals surface area contributed by atoms with E-state index in [4.69, 9.17) is 13.8 Å². The van der Waals surface area contributed by atoms with E-state index in [0.29, 0.717) is 5.89 Å². The zero-order valence-electron chi connectivity index (χ0n) is 24.5. The molecule has 0 bridgehead atoms. The minimum Gasteiger partial charge on any atom is -0.456 e. The summed E-state index contributed by atoms with van der Waals surface area (Å²) in [5, 5.41) is 4.36. The molecule has 8 aromatic rings. The van der Waals surface area contributed by atoms with Crippen LogP contribution in [0.3, 0.4) is 0 Å². The summed E-state index contributed by atoms with van der Waals surface area (Å²) < 4.78 is 12.4. The summed E-state index contributed by atoms with van der Waals surface area (Å²) in [5.41, 5.74) is 10.0. The minimum absolute atomic E-state index is 0.624. The molecule has 1 aliphatic carbocycles. The van der Waals surface area contributed by atoms with Crippen LogP contribution in [0.1, 0.15) is 18.4 Å². The van der Waals surface area contributed by atoms with Crippen molar-refractivity contribution < 1.29 is 8.83 Å². The van der Waals surface area contributed by atoms with Gasteiger partial charge in [-0.05, 0) is 96.1 Å². The lowest BCUT2D eigenvalue weighted by Crippen LogP contribution is -2.10. The number of allylic oxidation sites excluding steroid dienone is 4. The third kappa shape index (κ3) is 4.42. The molecule has 0 atom stereocenters. The molecule has 2 heterocycles. The van der Waals surface area contributed by atoms with Gasteiger partial charge in [-0.15, -0.1) is 0 Å². The van der Waals surface area contributed by atoms with Gasteiger partial charge in [-0.2, -0.15) is 0 Å². The van der Waals surface area contributed by atoms with Crippen LogP contribution in [-0.2, 0) is 0 Å². The van der Waals surface area contributed by atoms with Gasteiger partial charge >= 0.3 is 0 Å². The molecule has 2 aromatic heterocycles. The fourth-order valence-corrected chi connectivity index (χ4v) is 6.47. The molecule has 0 spiro atoms. The second kappa shape index (κ2) is 10.4. The van der Waals surface area contributed by atoms with Gasteiger partial charge in [-0.25, -0.2) is 4.98 Å². The van der Waals surface area contributed by atoms with Gasteiger partial charge in [0.25, 0.3) is 0 Å². The standard InChI is InChI=1S/C41H28N2O2/c1-3-9-27(10-4-1)28-15-19-31(20-16-28)43(33-22-24-38-36(26-33)34-13-7-8-14-37(34)44-38)32-21-17-29-18-23-39-40(35(29)25-32)42-41(45-39)30-11-5-2-6-12-30/h2-3,5-26H,1,4H2. The Morgan fingerprint density at radius 3 is 2.09 bits per heavy atom. The summed E-state index contributed by atoms with van der Waals surface area (Å²) in [5.74, 6) is 0.624. The molecule has 0 unspecified atom stereocenters.